The van der Waals surface area contributed by atoms with Crippen molar-refractivity contribution in [2.24, 2.45) is 0 Å². The summed E-state index contributed by atoms with van der Waals surface area (Å²) < 4.78 is 21.3. The average Bonchev–Trinajstić information content (AvgIpc) is 2.11. The van der Waals surface area contributed by atoms with Gasteiger partial charge in [0.2, 0.25) is 0 Å². The van der Waals surface area contributed by atoms with Crippen LogP contribution < -0.4 is 0 Å². The van der Waals surface area contributed by atoms with Crippen molar-refractivity contribution in [3.05, 3.63) is 12.7 Å². The Labute approximate surface area is 73.3 Å². The molecule has 0 bridgehead atoms. The molecule has 0 spiro atoms. The Morgan fingerprint density at radius 3 is 2.75 bits per heavy atom. The van der Waals surface area contributed by atoms with Gasteiger partial charge in [0.1, 0.15) is 6.61 Å². The smallest absolute Gasteiger partial charge is 0.304 e. The Morgan fingerprint density at radius 1 is 1.67 bits per heavy atom. The predicted molar refractivity (Wildman–Crippen MR) is 49.1 cm³/mol. The molecular weight excluding hydrogens is 175 g/mol. The molecule has 0 aliphatic carbocycles. The van der Waals surface area contributed by atoms with Gasteiger partial charge in [-0.2, -0.15) is 0 Å². The first-order valence-corrected chi connectivity index (χ1v) is 5.34. The van der Waals surface area contributed by atoms with Gasteiger partial charge < -0.3 is 4.52 Å². The van der Waals surface area contributed by atoms with Gasteiger partial charge in [-0.1, -0.05) is 18.9 Å². The topological polar surface area (TPSA) is 35.5 Å². The zero-order chi connectivity index (χ0) is 9.45. The molecule has 0 aromatic rings. The van der Waals surface area contributed by atoms with Gasteiger partial charge in [0, 0.05) is 6.16 Å². The van der Waals surface area contributed by atoms with E-state index in [4.69, 9.17) is 15.5 Å². The molecule has 0 amide bonds. The molecule has 0 aromatic carbocycles. The van der Waals surface area contributed by atoms with E-state index in [1.807, 2.05) is 0 Å². The molecule has 0 radical (unpaired) electrons. The fourth-order valence-electron chi connectivity index (χ4n) is 0.522. The molecule has 0 aromatic heterocycles. The summed E-state index contributed by atoms with van der Waals surface area (Å²) in [5.74, 6) is 2.23. The third-order valence-electron chi connectivity index (χ3n) is 1.12. The average molecular weight is 188 g/mol. The first-order chi connectivity index (χ1) is 5.68. The minimum Gasteiger partial charge on any atom is -0.304 e. The molecule has 0 N–H and O–H groups in total. The quantitative estimate of drug-likeness (QED) is 0.363. The fourth-order valence-corrected chi connectivity index (χ4v) is 1.57. The van der Waals surface area contributed by atoms with Crippen molar-refractivity contribution in [1.29, 1.82) is 0 Å². The van der Waals surface area contributed by atoms with Crippen molar-refractivity contribution in [2.45, 2.75) is 6.92 Å². The Balaban J connectivity index is 3.97. The highest BCUT2D eigenvalue weighted by Gasteiger charge is 2.20. The van der Waals surface area contributed by atoms with Gasteiger partial charge in [-0.15, -0.1) is 13.0 Å². The third-order valence-corrected chi connectivity index (χ3v) is 2.96. The van der Waals surface area contributed by atoms with Crippen LogP contribution in [-0.2, 0) is 13.6 Å². The third kappa shape index (κ3) is 4.35. The molecular formula is C8H13O3P. The normalized spacial score (nSPS) is 14.7. The molecule has 0 aliphatic rings. The molecule has 68 valence electrons. The lowest BCUT2D eigenvalue weighted by molar-refractivity contribution is 0.241. The van der Waals surface area contributed by atoms with Crippen molar-refractivity contribution in [3.63, 3.8) is 0 Å². The highest BCUT2D eigenvalue weighted by molar-refractivity contribution is 7.53. The molecule has 12 heavy (non-hydrogen) atoms. The first-order valence-electron chi connectivity index (χ1n) is 3.61. The number of terminal acetylenes is 1. The van der Waals surface area contributed by atoms with Crippen LogP contribution in [0.1, 0.15) is 6.92 Å². The second kappa shape index (κ2) is 6.02. The maximum atomic E-state index is 11.5. The molecule has 0 saturated carbocycles. The van der Waals surface area contributed by atoms with E-state index in [1.54, 1.807) is 6.92 Å². The van der Waals surface area contributed by atoms with Gasteiger partial charge in [-0.05, 0) is 0 Å². The van der Waals surface area contributed by atoms with Crippen molar-refractivity contribution < 1.29 is 13.6 Å². The summed E-state index contributed by atoms with van der Waals surface area (Å²) in [5, 5.41) is 0. The maximum Gasteiger partial charge on any atom is 0.331 e. The molecule has 0 rings (SSSR count). The SMILES string of the molecule is C#CCOP(=O)(CC)OCC=C. The molecule has 1 atom stereocenters. The summed E-state index contributed by atoms with van der Waals surface area (Å²) >= 11 is 0. The van der Waals surface area contributed by atoms with E-state index in [2.05, 4.69) is 12.5 Å². The zero-order valence-corrected chi connectivity index (χ0v) is 8.05. The van der Waals surface area contributed by atoms with Gasteiger partial charge in [0.15, 0.2) is 0 Å². The Kier molecular flexibility index (Phi) is 5.74. The van der Waals surface area contributed by atoms with Crippen LogP contribution in [0.3, 0.4) is 0 Å². The van der Waals surface area contributed by atoms with Gasteiger partial charge in [-0.25, -0.2) is 0 Å². The Bertz CT molecular complexity index is 217. The Hall–Kier alpha value is -0.550. The number of hydrogen-bond acceptors (Lipinski definition) is 3. The lowest BCUT2D eigenvalue weighted by Crippen LogP contribution is -1.98. The lowest BCUT2D eigenvalue weighted by atomic mass is 10.7. The number of rotatable bonds is 6. The summed E-state index contributed by atoms with van der Waals surface area (Å²) in [6, 6.07) is 0. The van der Waals surface area contributed by atoms with Gasteiger partial charge in [0.25, 0.3) is 0 Å². The van der Waals surface area contributed by atoms with Crippen LogP contribution in [0.15, 0.2) is 12.7 Å². The van der Waals surface area contributed by atoms with Crippen LogP contribution in [0, 0.1) is 12.3 Å². The Morgan fingerprint density at radius 2 is 2.33 bits per heavy atom. The lowest BCUT2D eigenvalue weighted by Gasteiger charge is -2.13. The van der Waals surface area contributed by atoms with Crippen molar-refractivity contribution in [2.75, 3.05) is 19.4 Å². The van der Waals surface area contributed by atoms with Gasteiger partial charge >= 0.3 is 7.60 Å². The minimum absolute atomic E-state index is 0.0161. The molecule has 1 unspecified atom stereocenters. The predicted octanol–water partition coefficient (Wildman–Crippen LogP) is 2.05. The van der Waals surface area contributed by atoms with Gasteiger partial charge in [0.05, 0.1) is 6.61 Å². The molecule has 0 saturated heterocycles. The molecule has 0 aliphatic heterocycles. The van der Waals surface area contributed by atoms with E-state index in [0.717, 1.165) is 0 Å². The van der Waals surface area contributed by atoms with Crippen LogP contribution in [0.4, 0.5) is 0 Å². The summed E-state index contributed by atoms with van der Waals surface area (Å²) in [6.07, 6.45) is 6.78. The standard InChI is InChI=1S/C8H13O3P/c1-4-7-10-12(9,6-3)11-8-5-2/h1,5H,2,6-8H2,3H3. The first kappa shape index (κ1) is 11.4. The summed E-state index contributed by atoms with van der Waals surface area (Å²) in [7, 11) is -2.95. The van der Waals surface area contributed by atoms with E-state index in [1.165, 1.54) is 6.08 Å². The largest absolute Gasteiger partial charge is 0.331 e. The second-order valence-corrected chi connectivity index (χ2v) is 4.36. The fraction of sp³-hybridized carbons (Fsp3) is 0.500. The van der Waals surface area contributed by atoms with Crippen molar-refractivity contribution >= 4 is 7.60 Å². The maximum absolute atomic E-state index is 11.5. The van der Waals surface area contributed by atoms with Crippen LogP contribution in [0.5, 0.6) is 0 Å². The summed E-state index contributed by atoms with van der Waals surface area (Å²) in [5.41, 5.74) is 0. The second-order valence-electron chi connectivity index (χ2n) is 1.99. The van der Waals surface area contributed by atoms with Crippen LogP contribution in [0.2, 0.25) is 0 Å². The highest BCUT2D eigenvalue weighted by atomic mass is 31.2. The molecule has 0 heterocycles. The van der Waals surface area contributed by atoms with E-state index in [-0.39, 0.29) is 13.2 Å². The molecule has 0 fully saturated rings. The molecule has 3 nitrogen and oxygen atoms in total. The van der Waals surface area contributed by atoms with Crippen LogP contribution in [0.25, 0.3) is 0 Å². The minimum atomic E-state index is -2.95. The summed E-state index contributed by atoms with van der Waals surface area (Å²) in [6.45, 7) is 5.39. The van der Waals surface area contributed by atoms with Gasteiger partial charge in [-0.3, -0.25) is 9.09 Å². The van der Waals surface area contributed by atoms with Crippen molar-refractivity contribution in [1.82, 2.24) is 0 Å². The van der Waals surface area contributed by atoms with Crippen LogP contribution in [-0.4, -0.2) is 19.4 Å². The van der Waals surface area contributed by atoms with E-state index in [0.29, 0.717) is 6.16 Å². The highest BCUT2D eigenvalue weighted by Crippen LogP contribution is 2.47. The van der Waals surface area contributed by atoms with E-state index < -0.39 is 7.60 Å². The van der Waals surface area contributed by atoms with Crippen molar-refractivity contribution in [3.8, 4) is 12.3 Å². The zero-order valence-electron chi connectivity index (χ0n) is 7.16. The number of hydrogen-bond donors (Lipinski definition) is 0. The summed E-state index contributed by atoms with van der Waals surface area (Å²) in [4.78, 5) is 0. The van der Waals surface area contributed by atoms with Crippen LogP contribution >= 0.6 is 7.60 Å². The monoisotopic (exact) mass is 188 g/mol. The molecule has 4 heteroatoms. The van der Waals surface area contributed by atoms with E-state index >= 15 is 0 Å². The van der Waals surface area contributed by atoms with E-state index in [9.17, 15) is 4.57 Å².